The Morgan fingerprint density at radius 3 is 2.50 bits per heavy atom. The molecule has 4 heteroatoms. The largest absolute Gasteiger partial charge is 0.335 e. The van der Waals surface area contributed by atoms with Crippen LogP contribution in [0.15, 0.2) is 139 Å². The number of benzene rings is 4. The number of rotatable bonds is 8. The smallest absolute Gasteiger partial charge is 0.0859 e. The number of hydrogen-bond acceptors (Lipinski definition) is 3. The Morgan fingerprint density at radius 2 is 1.68 bits per heavy atom. The van der Waals surface area contributed by atoms with E-state index in [9.17, 15) is 0 Å². The van der Waals surface area contributed by atoms with Crippen LogP contribution in [-0.4, -0.2) is 16.3 Å². The van der Waals surface area contributed by atoms with Gasteiger partial charge in [0, 0.05) is 52.2 Å². The van der Waals surface area contributed by atoms with Gasteiger partial charge in [-0.15, -0.1) is 0 Å². The SMILES string of the molecule is C=Nc1ccccc1N1Cc2ccc3c4ccccc4n(C(=C)/C=C\C=C(/CCC)c4cccnc4)c3c2-c2ccccc21. The van der Waals surface area contributed by atoms with Crippen LogP contribution in [0.1, 0.15) is 30.9 Å². The number of fused-ring (bicyclic) bond motifs is 7. The molecule has 7 rings (SSSR count). The molecule has 0 fully saturated rings. The third kappa shape index (κ3) is 4.65. The fraction of sp³-hybridized carbons (Fsp3) is 0.100. The Bertz CT molecular complexity index is 2100. The highest BCUT2D eigenvalue weighted by atomic mass is 15.2. The van der Waals surface area contributed by atoms with Gasteiger partial charge in [-0.3, -0.25) is 9.98 Å². The first-order valence-corrected chi connectivity index (χ1v) is 15.1. The van der Waals surface area contributed by atoms with Crippen LogP contribution >= 0.6 is 0 Å². The third-order valence-corrected chi connectivity index (χ3v) is 8.48. The number of pyridine rings is 1. The summed E-state index contributed by atoms with van der Waals surface area (Å²) in [6.07, 6.45) is 12.3. The lowest BCUT2D eigenvalue weighted by Gasteiger charge is -2.34. The van der Waals surface area contributed by atoms with E-state index >= 15 is 0 Å². The van der Waals surface area contributed by atoms with Gasteiger partial charge in [-0.2, -0.15) is 0 Å². The maximum Gasteiger partial charge on any atom is 0.0859 e. The van der Waals surface area contributed by atoms with Crippen molar-refractivity contribution in [2.45, 2.75) is 26.3 Å². The standard InChI is InChI=1S/C40H34N4/c1-4-13-29(30-16-12-25-42-26-30)15-11-14-28(2)44-37-21-9-5-17-32(37)33-24-23-31-27-43(38-22-10-7-19-35(38)41-3)36-20-8-6-18-34(36)39(31)40(33)44/h5-12,14-26H,2-4,13,27H2,1H3/b14-11-,29-15+. The molecule has 214 valence electrons. The predicted molar refractivity (Wildman–Crippen MR) is 188 cm³/mol. The number of nitrogens with zero attached hydrogens (tertiary/aromatic N) is 4. The van der Waals surface area contributed by atoms with Gasteiger partial charge in [-0.05, 0) is 66.2 Å². The fourth-order valence-corrected chi connectivity index (χ4v) is 6.54. The first kappa shape index (κ1) is 27.4. The maximum atomic E-state index is 4.61. The number of aromatic nitrogens is 2. The number of hydrogen-bond donors (Lipinski definition) is 0. The fourth-order valence-electron chi connectivity index (χ4n) is 6.54. The first-order valence-electron chi connectivity index (χ1n) is 15.1. The van der Waals surface area contributed by atoms with Crippen molar-refractivity contribution in [2.75, 3.05) is 4.90 Å². The normalized spacial score (nSPS) is 12.9. The highest BCUT2D eigenvalue weighted by Crippen LogP contribution is 2.49. The molecular formula is C40H34N4. The summed E-state index contributed by atoms with van der Waals surface area (Å²) >= 11 is 0. The summed E-state index contributed by atoms with van der Waals surface area (Å²) in [7, 11) is 0. The minimum atomic E-state index is 0.729. The molecule has 0 amide bonds. The van der Waals surface area contributed by atoms with E-state index in [1.807, 2.05) is 30.6 Å². The maximum absolute atomic E-state index is 4.61. The van der Waals surface area contributed by atoms with E-state index in [0.29, 0.717) is 0 Å². The molecule has 0 saturated heterocycles. The van der Waals surface area contributed by atoms with Gasteiger partial charge in [0.25, 0.3) is 0 Å². The van der Waals surface area contributed by atoms with Crippen molar-refractivity contribution in [3.05, 3.63) is 145 Å². The van der Waals surface area contributed by atoms with Crippen molar-refractivity contribution >= 4 is 56.9 Å². The van der Waals surface area contributed by atoms with E-state index in [2.05, 4.69) is 137 Å². The second-order valence-corrected chi connectivity index (χ2v) is 11.1. The third-order valence-electron chi connectivity index (χ3n) is 8.48. The summed E-state index contributed by atoms with van der Waals surface area (Å²) in [4.78, 5) is 11.0. The Morgan fingerprint density at radius 1 is 0.886 bits per heavy atom. The second kappa shape index (κ2) is 11.7. The Kier molecular flexibility index (Phi) is 7.25. The van der Waals surface area contributed by atoms with E-state index in [-0.39, 0.29) is 0 Å². The highest BCUT2D eigenvalue weighted by molar-refractivity contribution is 6.16. The summed E-state index contributed by atoms with van der Waals surface area (Å²) < 4.78 is 2.34. The molecule has 3 heterocycles. The van der Waals surface area contributed by atoms with Gasteiger partial charge in [0.05, 0.1) is 22.4 Å². The summed E-state index contributed by atoms with van der Waals surface area (Å²) in [5, 5.41) is 2.45. The van der Waals surface area contributed by atoms with E-state index in [1.165, 1.54) is 38.6 Å². The quantitative estimate of drug-likeness (QED) is 0.135. The van der Waals surface area contributed by atoms with Gasteiger partial charge in [-0.1, -0.05) is 98.8 Å². The van der Waals surface area contributed by atoms with Crippen LogP contribution in [0.5, 0.6) is 0 Å². The molecule has 1 aliphatic rings. The Hall–Kier alpha value is -5.48. The van der Waals surface area contributed by atoms with Gasteiger partial charge in [-0.25, -0.2) is 0 Å². The Balaban J connectivity index is 1.40. The van der Waals surface area contributed by atoms with E-state index < -0.39 is 0 Å². The van der Waals surface area contributed by atoms with E-state index in [4.69, 9.17) is 0 Å². The molecule has 4 aromatic carbocycles. The average Bonchev–Trinajstić information content (AvgIpc) is 3.42. The molecule has 0 spiro atoms. The predicted octanol–water partition coefficient (Wildman–Crippen LogP) is 10.8. The lowest BCUT2D eigenvalue weighted by molar-refractivity contribution is 0.962. The van der Waals surface area contributed by atoms with Crippen LogP contribution < -0.4 is 4.90 Å². The summed E-state index contributed by atoms with van der Waals surface area (Å²) in [6.45, 7) is 11.4. The van der Waals surface area contributed by atoms with Crippen LogP contribution in [0.3, 0.4) is 0 Å². The van der Waals surface area contributed by atoms with Crippen LogP contribution in [-0.2, 0) is 6.54 Å². The number of allylic oxidation sites excluding steroid dienone is 5. The van der Waals surface area contributed by atoms with Crippen molar-refractivity contribution < 1.29 is 0 Å². The lowest BCUT2D eigenvalue weighted by atomic mass is 9.90. The second-order valence-electron chi connectivity index (χ2n) is 11.1. The zero-order valence-electron chi connectivity index (χ0n) is 24.9. The molecule has 0 atom stereocenters. The van der Waals surface area contributed by atoms with Crippen molar-refractivity contribution in [1.82, 2.24) is 9.55 Å². The molecule has 2 aromatic heterocycles. The molecule has 0 radical (unpaired) electrons. The lowest BCUT2D eigenvalue weighted by Crippen LogP contribution is -2.22. The van der Waals surface area contributed by atoms with Gasteiger partial charge < -0.3 is 9.47 Å². The number of anilines is 2. The van der Waals surface area contributed by atoms with Crippen molar-refractivity contribution in [2.24, 2.45) is 4.99 Å². The molecule has 4 nitrogen and oxygen atoms in total. The molecule has 44 heavy (non-hydrogen) atoms. The molecule has 6 aromatic rings. The highest BCUT2D eigenvalue weighted by Gasteiger charge is 2.28. The molecule has 1 aliphatic heterocycles. The molecule has 0 aliphatic carbocycles. The average molecular weight is 571 g/mol. The zero-order chi connectivity index (χ0) is 30.0. The minimum absolute atomic E-state index is 0.729. The zero-order valence-corrected chi connectivity index (χ0v) is 24.9. The van der Waals surface area contributed by atoms with Crippen LogP contribution in [0.2, 0.25) is 0 Å². The topological polar surface area (TPSA) is 33.4 Å². The molecule has 0 N–H and O–H groups in total. The van der Waals surface area contributed by atoms with Gasteiger partial charge >= 0.3 is 0 Å². The van der Waals surface area contributed by atoms with Crippen LogP contribution in [0.25, 0.3) is 44.2 Å². The van der Waals surface area contributed by atoms with Crippen molar-refractivity contribution in [1.29, 1.82) is 0 Å². The molecular weight excluding hydrogens is 536 g/mol. The van der Waals surface area contributed by atoms with E-state index in [0.717, 1.165) is 53.2 Å². The van der Waals surface area contributed by atoms with Crippen LogP contribution in [0, 0.1) is 0 Å². The summed E-state index contributed by atoms with van der Waals surface area (Å²) in [5.41, 5.74) is 12.5. The van der Waals surface area contributed by atoms with Crippen molar-refractivity contribution in [3.8, 4) is 11.1 Å². The van der Waals surface area contributed by atoms with Crippen LogP contribution in [0.4, 0.5) is 17.1 Å². The minimum Gasteiger partial charge on any atom is -0.335 e. The van der Waals surface area contributed by atoms with Gasteiger partial charge in [0.15, 0.2) is 0 Å². The van der Waals surface area contributed by atoms with Gasteiger partial charge in [0.1, 0.15) is 0 Å². The summed E-state index contributed by atoms with van der Waals surface area (Å²) in [6, 6.07) is 34.2. The summed E-state index contributed by atoms with van der Waals surface area (Å²) in [5.74, 6) is 0. The number of aliphatic imine (C=N–C) groups is 1. The monoisotopic (exact) mass is 570 g/mol. The first-order chi connectivity index (χ1) is 21.7. The molecule has 0 saturated carbocycles. The number of para-hydroxylation sites is 4. The Labute approximate surface area is 258 Å². The van der Waals surface area contributed by atoms with Gasteiger partial charge in [0.2, 0.25) is 0 Å². The van der Waals surface area contributed by atoms with Crippen molar-refractivity contribution in [3.63, 3.8) is 0 Å². The molecule has 0 bridgehead atoms. The molecule has 0 unspecified atom stereocenters. The van der Waals surface area contributed by atoms with E-state index in [1.54, 1.807) is 0 Å².